The van der Waals surface area contributed by atoms with E-state index in [2.05, 4.69) is 39.4 Å². The summed E-state index contributed by atoms with van der Waals surface area (Å²) in [6.07, 6.45) is 6.64. The number of benzene rings is 1. The van der Waals surface area contributed by atoms with Crippen LogP contribution in [0.2, 0.25) is 0 Å². The van der Waals surface area contributed by atoms with Crippen molar-refractivity contribution in [1.82, 2.24) is 15.1 Å². The Balaban J connectivity index is 1.36. The Kier molecular flexibility index (Phi) is 4.47. The lowest BCUT2D eigenvalue weighted by Crippen LogP contribution is -2.46. The number of likely N-dealkylation sites (tertiary alicyclic amines) is 1. The quantitative estimate of drug-likeness (QED) is 0.905. The van der Waals surface area contributed by atoms with E-state index >= 15 is 0 Å². The Bertz CT molecular complexity index is 485. The molecule has 0 bridgehead atoms. The lowest BCUT2D eigenvalue weighted by Gasteiger charge is -2.40. The summed E-state index contributed by atoms with van der Waals surface area (Å²) in [5.74, 6) is 0. The van der Waals surface area contributed by atoms with E-state index in [1.807, 2.05) is 0 Å². The van der Waals surface area contributed by atoms with Crippen molar-refractivity contribution in [3.05, 3.63) is 35.4 Å². The average molecular weight is 299 g/mol. The SMILES string of the molecule is c1ccc2c(c1)CCC2N1CCC(N2CCCNCC2)CC1. The summed E-state index contributed by atoms with van der Waals surface area (Å²) in [6, 6.07) is 10.6. The van der Waals surface area contributed by atoms with Gasteiger partial charge in [-0.05, 0) is 56.3 Å². The largest absolute Gasteiger partial charge is 0.315 e. The van der Waals surface area contributed by atoms with E-state index in [0.29, 0.717) is 6.04 Å². The van der Waals surface area contributed by atoms with Crippen molar-refractivity contribution in [3.8, 4) is 0 Å². The summed E-state index contributed by atoms with van der Waals surface area (Å²) in [4.78, 5) is 5.51. The monoisotopic (exact) mass is 299 g/mol. The van der Waals surface area contributed by atoms with Gasteiger partial charge in [-0.15, -0.1) is 0 Å². The van der Waals surface area contributed by atoms with Gasteiger partial charge < -0.3 is 5.32 Å². The van der Waals surface area contributed by atoms with Crippen LogP contribution in [0.4, 0.5) is 0 Å². The summed E-state index contributed by atoms with van der Waals surface area (Å²) in [6.45, 7) is 7.49. The fourth-order valence-corrected chi connectivity index (χ4v) is 4.71. The molecule has 2 heterocycles. The molecular formula is C19H29N3. The summed E-state index contributed by atoms with van der Waals surface area (Å²) >= 11 is 0. The molecule has 0 radical (unpaired) electrons. The van der Waals surface area contributed by atoms with Crippen LogP contribution in [0.5, 0.6) is 0 Å². The Morgan fingerprint density at radius 3 is 2.64 bits per heavy atom. The van der Waals surface area contributed by atoms with Crippen LogP contribution in [0, 0.1) is 0 Å². The molecule has 1 aromatic carbocycles. The molecule has 1 aliphatic carbocycles. The highest BCUT2D eigenvalue weighted by Crippen LogP contribution is 2.37. The zero-order valence-electron chi connectivity index (χ0n) is 13.6. The minimum Gasteiger partial charge on any atom is -0.315 e. The smallest absolute Gasteiger partial charge is 0.0354 e. The van der Waals surface area contributed by atoms with Gasteiger partial charge in [-0.3, -0.25) is 9.80 Å². The molecular weight excluding hydrogens is 270 g/mol. The van der Waals surface area contributed by atoms with E-state index in [1.165, 1.54) is 71.4 Å². The maximum atomic E-state index is 3.53. The normalized spacial score (nSPS) is 28.5. The second kappa shape index (κ2) is 6.69. The van der Waals surface area contributed by atoms with E-state index in [9.17, 15) is 0 Å². The van der Waals surface area contributed by atoms with Crippen LogP contribution in [0.1, 0.15) is 42.9 Å². The van der Waals surface area contributed by atoms with Crippen LogP contribution >= 0.6 is 0 Å². The average Bonchev–Trinajstić information content (AvgIpc) is 2.81. The molecule has 0 amide bonds. The Labute approximate surface area is 134 Å². The molecule has 3 nitrogen and oxygen atoms in total. The van der Waals surface area contributed by atoms with E-state index in [-0.39, 0.29) is 0 Å². The van der Waals surface area contributed by atoms with Crippen LogP contribution in [-0.2, 0) is 6.42 Å². The van der Waals surface area contributed by atoms with Gasteiger partial charge in [-0.25, -0.2) is 0 Å². The van der Waals surface area contributed by atoms with Gasteiger partial charge in [0.15, 0.2) is 0 Å². The van der Waals surface area contributed by atoms with Crippen molar-refractivity contribution in [1.29, 1.82) is 0 Å². The maximum absolute atomic E-state index is 3.53. The van der Waals surface area contributed by atoms with Crippen LogP contribution in [-0.4, -0.2) is 55.1 Å². The second-order valence-corrected chi connectivity index (χ2v) is 7.16. The highest BCUT2D eigenvalue weighted by molar-refractivity contribution is 5.34. The van der Waals surface area contributed by atoms with Crippen molar-refractivity contribution in [2.75, 3.05) is 39.3 Å². The fraction of sp³-hybridized carbons (Fsp3) is 0.684. The summed E-state index contributed by atoms with van der Waals surface area (Å²) in [5.41, 5.74) is 3.20. The number of piperidine rings is 1. The van der Waals surface area contributed by atoms with Crippen molar-refractivity contribution in [3.63, 3.8) is 0 Å². The third-order valence-electron chi connectivity index (χ3n) is 5.93. The summed E-state index contributed by atoms with van der Waals surface area (Å²) in [5, 5.41) is 3.53. The van der Waals surface area contributed by atoms with E-state index in [1.54, 1.807) is 11.1 Å². The number of nitrogens with one attached hydrogen (secondary N) is 1. The van der Waals surface area contributed by atoms with Gasteiger partial charge in [0, 0.05) is 38.3 Å². The van der Waals surface area contributed by atoms with Crippen LogP contribution in [0.15, 0.2) is 24.3 Å². The predicted octanol–water partition coefficient (Wildman–Crippen LogP) is 2.43. The topological polar surface area (TPSA) is 18.5 Å². The van der Waals surface area contributed by atoms with Crippen LogP contribution < -0.4 is 5.32 Å². The molecule has 1 atom stereocenters. The lowest BCUT2D eigenvalue weighted by atomic mass is 9.99. The van der Waals surface area contributed by atoms with Gasteiger partial charge >= 0.3 is 0 Å². The molecule has 3 heteroatoms. The lowest BCUT2D eigenvalue weighted by molar-refractivity contribution is 0.0866. The molecule has 1 N–H and O–H groups in total. The molecule has 0 aromatic heterocycles. The number of nitrogens with zero attached hydrogens (tertiary/aromatic N) is 2. The van der Waals surface area contributed by atoms with Crippen LogP contribution in [0.25, 0.3) is 0 Å². The molecule has 120 valence electrons. The highest BCUT2D eigenvalue weighted by Gasteiger charge is 2.32. The highest BCUT2D eigenvalue weighted by atomic mass is 15.2. The van der Waals surface area contributed by atoms with Crippen molar-refractivity contribution < 1.29 is 0 Å². The predicted molar refractivity (Wildman–Crippen MR) is 91.2 cm³/mol. The Hall–Kier alpha value is -0.900. The van der Waals surface area contributed by atoms with E-state index in [4.69, 9.17) is 0 Å². The van der Waals surface area contributed by atoms with Gasteiger partial charge in [0.25, 0.3) is 0 Å². The Morgan fingerprint density at radius 1 is 0.864 bits per heavy atom. The minimum atomic E-state index is 0.697. The summed E-state index contributed by atoms with van der Waals surface area (Å²) < 4.78 is 0. The minimum absolute atomic E-state index is 0.697. The molecule has 4 rings (SSSR count). The maximum Gasteiger partial charge on any atom is 0.0354 e. The van der Waals surface area contributed by atoms with Crippen molar-refractivity contribution in [2.45, 2.75) is 44.2 Å². The zero-order chi connectivity index (χ0) is 14.8. The van der Waals surface area contributed by atoms with E-state index in [0.717, 1.165) is 6.04 Å². The first-order chi connectivity index (χ1) is 10.9. The van der Waals surface area contributed by atoms with Gasteiger partial charge in [0.2, 0.25) is 0 Å². The molecule has 3 aliphatic rings. The first-order valence-corrected chi connectivity index (χ1v) is 9.18. The Morgan fingerprint density at radius 2 is 1.73 bits per heavy atom. The first-order valence-electron chi connectivity index (χ1n) is 9.18. The molecule has 1 unspecified atom stereocenters. The fourth-order valence-electron chi connectivity index (χ4n) is 4.71. The van der Waals surface area contributed by atoms with Gasteiger partial charge in [0.1, 0.15) is 0 Å². The number of hydrogen-bond donors (Lipinski definition) is 1. The number of hydrogen-bond acceptors (Lipinski definition) is 3. The zero-order valence-corrected chi connectivity index (χ0v) is 13.6. The molecule has 22 heavy (non-hydrogen) atoms. The van der Waals surface area contributed by atoms with Gasteiger partial charge in [0.05, 0.1) is 0 Å². The van der Waals surface area contributed by atoms with E-state index < -0.39 is 0 Å². The van der Waals surface area contributed by atoms with Crippen LogP contribution in [0.3, 0.4) is 0 Å². The number of rotatable bonds is 2. The third-order valence-corrected chi connectivity index (χ3v) is 5.93. The van der Waals surface area contributed by atoms with Gasteiger partial charge in [-0.1, -0.05) is 24.3 Å². The second-order valence-electron chi connectivity index (χ2n) is 7.16. The van der Waals surface area contributed by atoms with Gasteiger partial charge in [-0.2, -0.15) is 0 Å². The van der Waals surface area contributed by atoms with Crippen molar-refractivity contribution in [2.24, 2.45) is 0 Å². The molecule has 1 aromatic rings. The number of fused-ring (bicyclic) bond motifs is 1. The molecule has 0 saturated carbocycles. The molecule has 0 spiro atoms. The summed E-state index contributed by atoms with van der Waals surface area (Å²) in [7, 11) is 0. The number of aryl methyl sites for hydroxylation is 1. The standard InChI is InChI=1S/C19H29N3/c1-2-5-18-16(4-1)6-7-19(18)22-13-8-17(9-14-22)21-12-3-10-20-11-15-21/h1-2,4-5,17,19-20H,3,6-15H2. The first kappa shape index (κ1) is 14.7. The third kappa shape index (κ3) is 2.94. The molecule has 2 fully saturated rings. The van der Waals surface area contributed by atoms with Crippen molar-refractivity contribution >= 4 is 0 Å². The molecule has 2 aliphatic heterocycles. The molecule has 2 saturated heterocycles.